The summed E-state index contributed by atoms with van der Waals surface area (Å²) < 4.78 is 5.96. The van der Waals surface area contributed by atoms with E-state index in [4.69, 9.17) is 10.00 Å². The molecule has 0 aliphatic carbocycles. The van der Waals surface area contributed by atoms with Crippen molar-refractivity contribution in [3.63, 3.8) is 0 Å². The van der Waals surface area contributed by atoms with Crippen LogP contribution in [0.3, 0.4) is 0 Å². The molecule has 1 fully saturated rings. The molecule has 1 unspecified atom stereocenters. The molecule has 0 aromatic heterocycles. The quantitative estimate of drug-likeness (QED) is 0.837. The summed E-state index contributed by atoms with van der Waals surface area (Å²) in [5.74, 6) is 0. The highest BCUT2D eigenvalue weighted by molar-refractivity contribution is 9.10. The summed E-state index contributed by atoms with van der Waals surface area (Å²) in [6.45, 7) is 0.433. The molecule has 0 spiro atoms. The second kappa shape index (κ2) is 4.54. The summed E-state index contributed by atoms with van der Waals surface area (Å²) in [4.78, 5) is 13.1. The Morgan fingerprint density at radius 2 is 2.44 bits per heavy atom. The van der Waals surface area contributed by atoms with Gasteiger partial charge in [-0.3, -0.25) is 4.90 Å². The van der Waals surface area contributed by atoms with E-state index in [9.17, 15) is 4.79 Å². The smallest absolute Gasteiger partial charge is 0.414 e. The van der Waals surface area contributed by atoms with Gasteiger partial charge in [-0.05, 0) is 18.2 Å². The van der Waals surface area contributed by atoms with E-state index in [0.29, 0.717) is 6.54 Å². The summed E-state index contributed by atoms with van der Waals surface area (Å²) >= 11 is 3.34. The van der Waals surface area contributed by atoms with Crippen LogP contribution in [0.15, 0.2) is 28.7 Å². The van der Waals surface area contributed by atoms with Gasteiger partial charge >= 0.3 is 6.09 Å². The third-order valence-corrected chi connectivity index (χ3v) is 2.81. The van der Waals surface area contributed by atoms with E-state index in [0.717, 1.165) is 10.2 Å². The van der Waals surface area contributed by atoms with Crippen molar-refractivity contribution in [1.29, 1.82) is 5.26 Å². The Morgan fingerprint density at radius 3 is 3.12 bits per heavy atom. The van der Waals surface area contributed by atoms with Crippen LogP contribution in [0.1, 0.15) is 6.42 Å². The van der Waals surface area contributed by atoms with E-state index < -0.39 is 6.09 Å². The van der Waals surface area contributed by atoms with Gasteiger partial charge in [0.25, 0.3) is 0 Å². The van der Waals surface area contributed by atoms with Gasteiger partial charge in [-0.15, -0.1) is 0 Å². The van der Waals surface area contributed by atoms with Crippen molar-refractivity contribution in [2.45, 2.75) is 12.5 Å². The number of hydrogen-bond donors (Lipinski definition) is 0. The Labute approximate surface area is 102 Å². The van der Waals surface area contributed by atoms with Gasteiger partial charge < -0.3 is 4.74 Å². The number of ether oxygens (including phenoxy) is 1. The van der Waals surface area contributed by atoms with E-state index in [1.807, 2.05) is 30.3 Å². The van der Waals surface area contributed by atoms with Crippen LogP contribution in [0, 0.1) is 11.3 Å². The molecule has 1 amide bonds. The molecule has 5 heteroatoms. The highest BCUT2D eigenvalue weighted by atomic mass is 79.9. The topological polar surface area (TPSA) is 53.3 Å². The lowest BCUT2D eigenvalue weighted by Crippen LogP contribution is -2.24. The SMILES string of the molecule is N#CCC1CN(c2cccc(Br)c2)C(=O)O1. The highest BCUT2D eigenvalue weighted by Gasteiger charge is 2.31. The average molecular weight is 281 g/mol. The summed E-state index contributed by atoms with van der Waals surface area (Å²) in [5, 5.41) is 8.55. The Balaban J connectivity index is 2.17. The minimum Gasteiger partial charge on any atom is -0.443 e. The van der Waals surface area contributed by atoms with Gasteiger partial charge in [0.05, 0.1) is 19.0 Å². The zero-order valence-electron chi connectivity index (χ0n) is 8.39. The van der Waals surface area contributed by atoms with Gasteiger partial charge in [-0.1, -0.05) is 22.0 Å². The van der Waals surface area contributed by atoms with E-state index in [1.54, 1.807) is 0 Å². The number of nitrogens with zero attached hydrogens (tertiary/aromatic N) is 2. The first kappa shape index (κ1) is 11.0. The third kappa shape index (κ3) is 2.17. The third-order valence-electron chi connectivity index (χ3n) is 2.31. The number of carbonyl (C=O) groups excluding carboxylic acids is 1. The standard InChI is InChI=1S/C11H9BrN2O2/c12-8-2-1-3-9(6-8)14-7-10(4-5-13)16-11(14)15/h1-3,6,10H,4,7H2. The van der Waals surface area contributed by atoms with Crippen molar-refractivity contribution < 1.29 is 9.53 Å². The molecule has 1 aromatic rings. The molecule has 2 rings (SSSR count). The van der Waals surface area contributed by atoms with Gasteiger partial charge in [0.2, 0.25) is 0 Å². The molecule has 1 atom stereocenters. The van der Waals surface area contributed by atoms with Crippen molar-refractivity contribution in [3.8, 4) is 6.07 Å². The molecular formula is C11H9BrN2O2. The van der Waals surface area contributed by atoms with Crippen LogP contribution in [0.2, 0.25) is 0 Å². The van der Waals surface area contributed by atoms with Crippen LogP contribution in [-0.2, 0) is 4.74 Å². The van der Waals surface area contributed by atoms with Gasteiger partial charge in [0, 0.05) is 10.2 Å². The lowest BCUT2D eigenvalue weighted by atomic mass is 10.2. The van der Waals surface area contributed by atoms with Gasteiger partial charge in [-0.25, -0.2) is 4.79 Å². The maximum absolute atomic E-state index is 11.6. The normalized spacial score (nSPS) is 19.4. The van der Waals surface area contributed by atoms with Crippen LogP contribution in [-0.4, -0.2) is 18.7 Å². The van der Waals surface area contributed by atoms with Crippen molar-refractivity contribution in [2.75, 3.05) is 11.4 Å². The monoisotopic (exact) mass is 280 g/mol. The molecule has 4 nitrogen and oxygen atoms in total. The number of hydrogen-bond acceptors (Lipinski definition) is 3. The van der Waals surface area contributed by atoms with Crippen molar-refractivity contribution in [3.05, 3.63) is 28.7 Å². The zero-order valence-corrected chi connectivity index (χ0v) is 9.98. The molecule has 0 bridgehead atoms. The van der Waals surface area contributed by atoms with Gasteiger partial charge in [0.15, 0.2) is 0 Å². The number of benzene rings is 1. The van der Waals surface area contributed by atoms with Crippen molar-refractivity contribution >= 4 is 27.7 Å². The van der Waals surface area contributed by atoms with Crippen LogP contribution < -0.4 is 4.90 Å². The predicted molar refractivity (Wildman–Crippen MR) is 62.0 cm³/mol. The van der Waals surface area contributed by atoms with E-state index in [1.165, 1.54) is 4.90 Å². The molecule has 0 radical (unpaired) electrons. The fraction of sp³-hybridized carbons (Fsp3) is 0.273. The van der Waals surface area contributed by atoms with Crippen molar-refractivity contribution in [2.24, 2.45) is 0 Å². The van der Waals surface area contributed by atoms with Crippen LogP contribution in [0.5, 0.6) is 0 Å². The Bertz CT molecular complexity index is 456. The largest absolute Gasteiger partial charge is 0.443 e. The van der Waals surface area contributed by atoms with Crippen LogP contribution in [0.4, 0.5) is 10.5 Å². The number of anilines is 1. The number of carbonyl (C=O) groups is 1. The van der Waals surface area contributed by atoms with Gasteiger partial charge in [0.1, 0.15) is 6.10 Å². The molecule has 1 heterocycles. The molecule has 1 aromatic carbocycles. The number of cyclic esters (lactones) is 1. The number of amides is 1. The summed E-state index contributed by atoms with van der Waals surface area (Å²) in [5.41, 5.74) is 0.778. The second-order valence-electron chi connectivity index (χ2n) is 3.46. The number of rotatable bonds is 2. The maximum Gasteiger partial charge on any atom is 0.414 e. The van der Waals surface area contributed by atoms with Crippen LogP contribution in [0.25, 0.3) is 0 Å². The molecule has 16 heavy (non-hydrogen) atoms. The molecule has 1 aliphatic heterocycles. The first-order valence-corrected chi connectivity index (χ1v) is 5.60. The lowest BCUT2D eigenvalue weighted by molar-refractivity contribution is 0.143. The van der Waals surface area contributed by atoms with E-state index in [2.05, 4.69) is 15.9 Å². The number of halogens is 1. The molecule has 82 valence electrons. The molecular weight excluding hydrogens is 272 g/mol. The van der Waals surface area contributed by atoms with Crippen LogP contribution >= 0.6 is 15.9 Å². The molecule has 0 saturated carbocycles. The Kier molecular flexibility index (Phi) is 3.11. The Morgan fingerprint density at radius 1 is 1.62 bits per heavy atom. The molecule has 0 N–H and O–H groups in total. The first-order chi connectivity index (χ1) is 7.70. The zero-order chi connectivity index (χ0) is 11.5. The molecule has 1 saturated heterocycles. The summed E-state index contributed by atoms with van der Waals surface area (Å²) in [6, 6.07) is 9.42. The Hall–Kier alpha value is -1.54. The fourth-order valence-corrected chi connectivity index (χ4v) is 1.97. The predicted octanol–water partition coefficient (Wildman–Crippen LogP) is 2.69. The van der Waals surface area contributed by atoms with Gasteiger partial charge in [-0.2, -0.15) is 5.26 Å². The second-order valence-corrected chi connectivity index (χ2v) is 4.37. The minimum absolute atomic E-state index is 0.232. The maximum atomic E-state index is 11.6. The summed E-state index contributed by atoms with van der Waals surface area (Å²) in [7, 11) is 0. The fourth-order valence-electron chi connectivity index (χ4n) is 1.58. The number of nitriles is 1. The average Bonchev–Trinajstić information content (AvgIpc) is 2.60. The van der Waals surface area contributed by atoms with E-state index >= 15 is 0 Å². The minimum atomic E-state index is -0.390. The van der Waals surface area contributed by atoms with E-state index in [-0.39, 0.29) is 12.5 Å². The molecule has 1 aliphatic rings. The highest BCUT2D eigenvalue weighted by Crippen LogP contribution is 2.25. The summed E-state index contributed by atoms with van der Waals surface area (Å²) in [6.07, 6.45) is -0.481. The van der Waals surface area contributed by atoms with Crippen molar-refractivity contribution in [1.82, 2.24) is 0 Å². The first-order valence-electron chi connectivity index (χ1n) is 4.81. The lowest BCUT2D eigenvalue weighted by Gasteiger charge is -2.12.